The van der Waals surface area contributed by atoms with Crippen molar-refractivity contribution < 1.29 is 18.0 Å². The Labute approximate surface area is 211 Å². The molecule has 0 fully saturated rings. The minimum Gasteiger partial charge on any atom is -0.357 e. The van der Waals surface area contributed by atoms with E-state index in [9.17, 15) is 18.0 Å². The third-order valence-corrected chi connectivity index (χ3v) is 7.66. The van der Waals surface area contributed by atoms with Crippen molar-refractivity contribution in [3.8, 4) is 0 Å². The number of nitrogens with one attached hydrogen (secondary N) is 1. The van der Waals surface area contributed by atoms with Gasteiger partial charge in [-0.3, -0.25) is 9.59 Å². The summed E-state index contributed by atoms with van der Waals surface area (Å²) >= 11 is 5.88. The van der Waals surface area contributed by atoms with Gasteiger partial charge in [0, 0.05) is 32.1 Å². The van der Waals surface area contributed by atoms with Gasteiger partial charge in [-0.15, -0.1) is 0 Å². The summed E-state index contributed by atoms with van der Waals surface area (Å²) in [6.07, 6.45) is 0.284. The lowest BCUT2D eigenvalue weighted by Crippen LogP contribution is -2.52. The summed E-state index contributed by atoms with van der Waals surface area (Å²) in [6, 6.07) is 23.6. The van der Waals surface area contributed by atoms with E-state index in [4.69, 9.17) is 11.6 Å². The number of hydrogen-bond acceptors (Lipinski definition) is 4. The third-order valence-electron chi connectivity index (χ3n) is 5.59. The van der Waals surface area contributed by atoms with Gasteiger partial charge in [-0.2, -0.15) is 4.31 Å². The molecule has 35 heavy (non-hydrogen) atoms. The molecule has 1 N–H and O–H groups in total. The lowest BCUT2D eigenvalue weighted by molar-refractivity contribution is -0.141. The average molecular weight is 514 g/mol. The second-order valence-electron chi connectivity index (χ2n) is 8.04. The Bertz CT molecular complexity index is 1240. The number of halogens is 1. The van der Waals surface area contributed by atoms with E-state index in [1.807, 2.05) is 60.7 Å². The molecule has 0 bridgehead atoms. The summed E-state index contributed by atoms with van der Waals surface area (Å²) in [5.74, 6) is -0.820. The maximum atomic E-state index is 13.6. The maximum absolute atomic E-state index is 13.6. The molecule has 184 valence electrons. The number of likely N-dealkylation sites (N-methyl/N-ethyl adjacent to an activating group) is 2. The van der Waals surface area contributed by atoms with E-state index >= 15 is 0 Å². The number of benzene rings is 3. The van der Waals surface area contributed by atoms with Crippen LogP contribution in [0, 0.1) is 0 Å². The van der Waals surface area contributed by atoms with Gasteiger partial charge in [0.1, 0.15) is 6.04 Å². The molecule has 0 spiro atoms. The molecule has 0 heterocycles. The van der Waals surface area contributed by atoms with Crippen molar-refractivity contribution in [3.05, 3.63) is 101 Å². The molecule has 0 aliphatic rings. The molecular formula is C26H28ClN3O4S. The molecule has 0 saturated heterocycles. The molecule has 3 rings (SSSR count). The van der Waals surface area contributed by atoms with E-state index in [2.05, 4.69) is 5.32 Å². The SMILES string of the molecule is CNC(=O)C(Cc1ccccc1)N(Cc1ccccc1)C(=O)CN(C)S(=O)(=O)c1ccc(Cl)cc1. The average Bonchev–Trinajstić information content (AvgIpc) is 2.87. The first-order chi connectivity index (χ1) is 16.7. The second-order valence-corrected chi connectivity index (χ2v) is 10.5. The highest BCUT2D eigenvalue weighted by atomic mass is 35.5. The van der Waals surface area contributed by atoms with E-state index < -0.39 is 28.5 Å². The van der Waals surface area contributed by atoms with Crippen molar-refractivity contribution in [3.63, 3.8) is 0 Å². The topological polar surface area (TPSA) is 86.8 Å². The molecule has 0 radical (unpaired) electrons. The highest BCUT2D eigenvalue weighted by molar-refractivity contribution is 7.89. The van der Waals surface area contributed by atoms with Crippen LogP contribution < -0.4 is 5.32 Å². The van der Waals surface area contributed by atoms with Gasteiger partial charge >= 0.3 is 0 Å². The maximum Gasteiger partial charge on any atom is 0.243 e. The number of nitrogens with zero attached hydrogens (tertiary/aromatic N) is 2. The molecule has 0 aromatic heterocycles. The Balaban J connectivity index is 1.91. The molecular weight excluding hydrogens is 486 g/mol. The van der Waals surface area contributed by atoms with Crippen LogP contribution in [0.1, 0.15) is 11.1 Å². The second kappa shape index (κ2) is 12.0. The van der Waals surface area contributed by atoms with Crippen LogP contribution in [0.25, 0.3) is 0 Å². The molecule has 2 amide bonds. The van der Waals surface area contributed by atoms with Crippen LogP contribution >= 0.6 is 11.6 Å². The smallest absolute Gasteiger partial charge is 0.243 e. The normalized spacial score (nSPS) is 12.2. The number of hydrogen-bond donors (Lipinski definition) is 1. The predicted octanol–water partition coefficient (Wildman–Crippen LogP) is 3.35. The van der Waals surface area contributed by atoms with Gasteiger partial charge in [-0.25, -0.2) is 8.42 Å². The fraction of sp³-hybridized carbons (Fsp3) is 0.231. The van der Waals surface area contributed by atoms with Crippen LogP contribution in [0.2, 0.25) is 5.02 Å². The fourth-order valence-electron chi connectivity index (χ4n) is 3.65. The Hall–Kier alpha value is -3.20. The lowest BCUT2D eigenvalue weighted by atomic mass is 10.0. The number of amides is 2. The molecule has 0 saturated carbocycles. The Morgan fingerprint density at radius 2 is 1.43 bits per heavy atom. The minimum atomic E-state index is -3.94. The predicted molar refractivity (Wildman–Crippen MR) is 136 cm³/mol. The highest BCUT2D eigenvalue weighted by Crippen LogP contribution is 2.19. The summed E-state index contributed by atoms with van der Waals surface area (Å²) in [5, 5.41) is 3.05. The standard InChI is InChI=1S/C26H28ClN3O4S/c1-28-26(32)24(17-20-9-5-3-6-10-20)30(18-21-11-7-4-8-12-21)25(31)19-29(2)35(33,34)23-15-13-22(27)14-16-23/h3-16,24H,17-19H2,1-2H3,(H,28,32). The molecule has 3 aromatic carbocycles. The molecule has 1 unspecified atom stereocenters. The number of carbonyl (C=O) groups is 2. The van der Waals surface area contributed by atoms with Gasteiger partial charge in [-0.1, -0.05) is 72.3 Å². The first-order valence-corrected chi connectivity index (χ1v) is 12.8. The van der Waals surface area contributed by atoms with E-state index in [0.717, 1.165) is 15.4 Å². The largest absolute Gasteiger partial charge is 0.357 e. The van der Waals surface area contributed by atoms with Crippen LogP contribution in [0.5, 0.6) is 0 Å². The van der Waals surface area contributed by atoms with Gasteiger partial charge in [0.05, 0.1) is 11.4 Å². The number of sulfonamides is 1. The van der Waals surface area contributed by atoms with Crippen LogP contribution in [-0.4, -0.2) is 56.1 Å². The van der Waals surface area contributed by atoms with Crippen LogP contribution in [0.3, 0.4) is 0 Å². The first kappa shape index (κ1) is 26.4. The molecule has 9 heteroatoms. The monoisotopic (exact) mass is 513 g/mol. The lowest BCUT2D eigenvalue weighted by Gasteiger charge is -2.32. The van der Waals surface area contributed by atoms with Crippen molar-refractivity contribution in [2.75, 3.05) is 20.6 Å². The van der Waals surface area contributed by atoms with Gasteiger partial charge in [0.2, 0.25) is 21.8 Å². The van der Waals surface area contributed by atoms with Crippen molar-refractivity contribution in [1.82, 2.24) is 14.5 Å². The molecule has 7 nitrogen and oxygen atoms in total. The van der Waals surface area contributed by atoms with Crippen molar-refractivity contribution in [1.29, 1.82) is 0 Å². The van der Waals surface area contributed by atoms with Crippen molar-refractivity contribution >= 4 is 33.4 Å². The van der Waals surface area contributed by atoms with Crippen LogP contribution in [-0.2, 0) is 32.6 Å². The van der Waals surface area contributed by atoms with Crippen molar-refractivity contribution in [2.24, 2.45) is 0 Å². The summed E-state index contributed by atoms with van der Waals surface area (Å²) < 4.78 is 27.1. The van der Waals surface area contributed by atoms with E-state index in [-0.39, 0.29) is 23.8 Å². The van der Waals surface area contributed by atoms with E-state index in [1.54, 1.807) is 0 Å². The summed E-state index contributed by atoms with van der Waals surface area (Å²) in [4.78, 5) is 28.0. The fourth-order valence-corrected chi connectivity index (χ4v) is 4.90. The van der Waals surface area contributed by atoms with Crippen molar-refractivity contribution in [2.45, 2.75) is 23.9 Å². The third kappa shape index (κ3) is 6.91. The van der Waals surface area contributed by atoms with Gasteiger partial charge in [-0.05, 0) is 35.4 Å². The van der Waals surface area contributed by atoms with Gasteiger partial charge in [0.25, 0.3) is 0 Å². The Morgan fingerprint density at radius 3 is 1.97 bits per heavy atom. The summed E-state index contributed by atoms with van der Waals surface area (Å²) in [6.45, 7) is -0.278. The summed E-state index contributed by atoms with van der Waals surface area (Å²) in [7, 11) is -1.08. The molecule has 1 atom stereocenters. The zero-order valence-electron chi connectivity index (χ0n) is 19.6. The Morgan fingerprint density at radius 1 is 0.886 bits per heavy atom. The quantitative estimate of drug-likeness (QED) is 0.450. The van der Waals surface area contributed by atoms with Gasteiger partial charge in [0.15, 0.2) is 0 Å². The summed E-state index contributed by atoms with van der Waals surface area (Å²) in [5.41, 5.74) is 1.71. The first-order valence-electron chi connectivity index (χ1n) is 11.0. The highest BCUT2D eigenvalue weighted by Gasteiger charge is 2.32. The molecule has 3 aromatic rings. The minimum absolute atomic E-state index is 0.0268. The Kier molecular flexibility index (Phi) is 9.03. The zero-order valence-corrected chi connectivity index (χ0v) is 21.2. The molecule has 0 aliphatic carbocycles. The van der Waals surface area contributed by atoms with Gasteiger partial charge < -0.3 is 10.2 Å². The van der Waals surface area contributed by atoms with Crippen LogP contribution in [0.4, 0.5) is 0 Å². The number of rotatable bonds is 10. The number of carbonyl (C=O) groups excluding carboxylic acids is 2. The zero-order chi connectivity index (χ0) is 25.4. The molecule has 0 aliphatic heterocycles. The van der Waals surface area contributed by atoms with Crippen LogP contribution in [0.15, 0.2) is 89.8 Å². The van der Waals surface area contributed by atoms with E-state index in [1.165, 1.54) is 43.3 Å². The van der Waals surface area contributed by atoms with E-state index in [0.29, 0.717) is 5.02 Å².